The van der Waals surface area contributed by atoms with Gasteiger partial charge in [0.25, 0.3) is 0 Å². The number of hydrogen-bond acceptors (Lipinski definition) is 0. The van der Waals surface area contributed by atoms with Crippen molar-refractivity contribution in [3.05, 3.63) is 0 Å². The molecule has 0 spiro atoms. The summed E-state index contributed by atoms with van der Waals surface area (Å²) in [5.74, 6) is 0. The Morgan fingerprint density at radius 2 is 1.27 bits per heavy atom. The van der Waals surface area contributed by atoms with Gasteiger partial charge < -0.3 is 0 Å². The summed E-state index contributed by atoms with van der Waals surface area (Å²) in [5.41, 5.74) is -1.14. The van der Waals surface area contributed by atoms with Crippen LogP contribution in [0, 0.1) is 5.41 Å². The van der Waals surface area contributed by atoms with Crippen molar-refractivity contribution in [2.75, 3.05) is 0 Å². The van der Waals surface area contributed by atoms with Crippen molar-refractivity contribution in [3.63, 3.8) is 0 Å². The number of hydrogen-bond donors (Lipinski definition) is 0. The summed E-state index contributed by atoms with van der Waals surface area (Å²) >= 11 is 0. The largest absolute Gasteiger partial charge is 0.244 e. The van der Waals surface area contributed by atoms with Crippen molar-refractivity contribution in [3.8, 4) is 0 Å². The zero-order valence-corrected chi connectivity index (χ0v) is 8.50. The smallest absolute Gasteiger partial charge is 0.113 e. The maximum absolute atomic E-state index is 13.9. The van der Waals surface area contributed by atoms with E-state index in [2.05, 4.69) is 13.8 Å². The van der Waals surface area contributed by atoms with Gasteiger partial charge in [0, 0.05) is 5.41 Å². The molecule has 0 aliphatic heterocycles. The van der Waals surface area contributed by atoms with Gasteiger partial charge in [-0.1, -0.05) is 27.7 Å². The van der Waals surface area contributed by atoms with E-state index < -0.39 is 5.67 Å². The number of rotatable bonds is 4. The molecular weight excluding hydrogens is 139 g/mol. The Balaban J connectivity index is 4.47. The Morgan fingerprint density at radius 3 is 1.36 bits per heavy atom. The highest BCUT2D eigenvalue weighted by molar-refractivity contribution is 4.90. The third kappa shape index (κ3) is 1.94. The molecule has 0 nitrogen and oxygen atoms in total. The molecule has 0 bridgehead atoms. The molecule has 1 atom stereocenters. The van der Waals surface area contributed by atoms with Crippen molar-refractivity contribution in [1.82, 2.24) is 0 Å². The van der Waals surface area contributed by atoms with Crippen LogP contribution in [0.4, 0.5) is 4.39 Å². The molecule has 1 heteroatoms. The third-order valence-corrected chi connectivity index (χ3v) is 3.48. The Hall–Kier alpha value is -0.0700. The first-order valence-electron chi connectivity index (χ1n) is 4.62. The average molecular weight is 160 g/mol. The molecule has 0 unspecified atom stereocenters. The predicted octanol–water partition coefficient (Wildman–Crippen LogP) is 3.95. The summed E-state index contributed by atoms with van der Waals surface area (Å²) < 4.78 is 13.9. The van der Waals surface area contributed by atoms with Crippen LogP contribution in [-0.4, -0.2) is 5.67 Å². The third-order valence-electron chi connectivity index (χ3n) is 3.48. The number of halogens is 1. The van der Waals surface area contributed by atoms with Gasteiger partial charge in [-0.05, 0) is 26.2 Å². The molecular formula is C10H21F. The molecule has 0 saturated carbocycles. The molecule has 0 aromatic carbocycles. The zero-order chi connectivity index (χ0) is 9.12. The second-order valence-electron chi connectivity index (χ2n) is 3.82. The summed E-state index contributed by atoms with van der Waals surface area (Å²) in [5, 5.41) is 0. The van der Waals surface area contributed by atoms with Crippen LogP contribution in [0.1, 0.15) is 53.9 Å². The minimum Gasteiger partial charge on any atom is -0.244 e. The summed E-state index contributed by atoms with van der Waals surface area (Å²) in [6.45, 7) is 9.81. The van der Waals surface area contributed by atoms with Crippen molar-refractivity contribution in [2.45, 2.75) is 59.5 Å². The molecule has 0 radical (unpaired) electrons. The first-order valence-corrected chi connectivity index (χ1v) is 4.62. The van der Waals surface area contributed by atoms with Crippen LogP contribution >= 0.6 is 0 Å². The fourth-order valence-electron chi connectivity index (χ4n) is 1.41. The quantitative estimate of drug-likeness (QED) is 0.584. The predicted molar refractivity (Wildman–Crippen MR) is 48.5 cm³/mol. The zero-order valence-electron chi connectivity index (χ0n) is 8.50. The van der Waals surface area contributed by atoms with E-state index in [4.69, 9.17) is 0 Å². The van der Waals surface area contributed by atoms with E-state index >= 15 is 0 Å². The first-order chi connectivity index (χ1) is 4.93. The molecule has 0 aliphatic carbocycles. The Bertz CT molecular complexity index is 112. The summed E-state index contributed by atoms with van der Waals surface area (Å²) in [6, 6.07) is 0. The minimum atomic E-state index is -1.00. The van der Waals surface area contributed by atoms with Gasteiger partial charge in [0.05, 0.1) is 0 Å². The summed E-state index contributed by atoms with van der Waals surface area (Å²) in [6.07, 6.45) is 2.46. The van der Waals surface area contributed by atoms with Gasteiger partial charge in [-0.3, -0.25) is 0 Å². The standard InChI is InChI=1S/C10H21F/c1-6-9(4,7-2)10(5,11)8-3/h6-8H2,1-5H3/t10-/m0/s1. The monoisotopic (exact) mass is 160 g/mol. The summed E-state index contributed by atoms with van der Waals surface area (Å²) in [7, 11) is 0. The Labute approximate surface area is 70.2 Å². The van der Waals surface area contributed by atoms with Gasteiger partial charge in [-0.2, -0.15) is 0 Å². The maximum atomic E-state index is 13.9. The lowest BCUT2D eigenvalue weighted by atomic mass is 9.70. The van der Waals surface area contributed by atoms with Gasteiger partial charge in [0.2, 0.25) is 0 Å². The van der Waals surface area contributed by atoms with E-state index in [9.17, 15) is 4.39 Å². The van der Waals surface area contributed by atoms with Crippen molar-refractivity contribution >= 4 is 0 Å². The molecule has 0 fully saturated rings. The molecule has 0 amide bonds. The average Bonchev–Trinajstić information content (AvgIpc) is 2.02. The van der Waals surface area contributed by atoms with E-state index in [1.54, 1.807) is 6.92 Å². The second kappa shape index (κ2) is 3.55. The maximum Gasteiger partial charge on any atom is 0.113 e. The van der Waals surface area contributed by atoms with E-state index in [0.717, 1.165) is 12.8 Å². The lowest BCUT2D eigenvalue weighted by Crippen LogP contribution is -2.38. The fraction of sp³-hybridized carbons (Fsp3) is 1.00. The van der Waals surface area contributed by atoms with Gasteiger partial charge >= 0.3 is 0 Å². The van der Waals surface area contributed by atoms with E-state index in [1.165, 1.54) is 0 Å². The van der Waals surface area contributed by atoms with Crippen LogP contribution in [0.2, 0.25) is 0 Å². The van der Waals surface area contributed by atoms with Crippen LogP contribution in [0.15, 0.2) is 0 Å². The molecule has 0 saturated heterocycles. The highest BCUT2D eigenvalue weighted by atomic mass is 19.1. The Morgan fingerprint density at radius 1 is 0.909 bits per heavy atom. The van der Waals surface area contributed by atoms with Gasteiger partial charge in [-0.15, -0.1) is 0 Å². The molecule has 0 heterocycles. The van der Waals surface area contributed by atoms with Crippen molar-refractivity contribution in [1.29, 1.82) is 0 Å². The van der Waals surface area contributed by atoms with Crippen LogP contribution in [0.25, 0.3) is 0 Å². The van der Waals surface area contributed by atoms with E-state index in [1.807, 2.05) is 13.8 Å². The summed E-state index contributed by atoms with van der Waals surface area (Å²) in [4.78, 5) is 0. The van der Waals surface area contributed by atoms with Gasteiger partial charge in [-0.25, -0.2) is 4.39 Å². The van der Waals surface area contributed by atoms with E-state index in [0.29, 0.717) is 6.42 Å². The first kappa shape index (κ1) is 10.9. The van der Waals surface area contributed by atoms with Crippen molar-refractivity contribution in [2.24, 2.45) is 5.41 Å². The highest BCUT2D eigenvalue weighted by Crippen LogP contribution is 2.42. The molecule has 0 aliphatic rings. The Kier molecular flexibility index (Phi) is 3.53. The van der Waals surface area contributed by atoms with Crippen LogP contribution in [-0.2, 0) is 0 Å². The molecule has 68 valence electrons. The van der Waals surface area contributed by atoms with Gasteiger partial charge in [0.1, 0.15) is 5.67 Å². The lowest BCUT2D eigenvalue weighted by molar-refractivity contribution is 0.00941. The second-order valence-corrected chi connectivity index (χ2v) is 3.82. The van der Waals surface area contributed by atoms with E-state index in [-0.39, 0.29) is 5.41 Å². The molecule has 0 rings (SSSR count). The normalized spacial score (nSPS) is 18.0. The van der Waals surface area contributed by atoms with Crippen LogP contribution in [0.3, 0.4) is 0 Å². The van der Waals surface area contributed by atoms with Crippen LogP contribution < -0.4 is 0 Å². The SMILES string of the molecule is CCC(C)(CC)[C@@](C)(F)CC. The lowest BCUT2D eigenvalue weighted by Gasteiger charge is -2.39. The molecule has 11 heavy (non-hydrogen) atoms. The highest BCUT2D eigenvalue weighted by Gasteiger charge is 2.40. The molecule has 0 aromatic heterocycles. The van der Waals surface area contributed by atoms with Gasteiger partial charge in [0.15, 0.2) is 0 Å². The minimum absolute atomic E-state index is 0.137. The fourth-order valence-corrected chi connectivity index (χ4v) is 1.41. The van der Waals surface area contributed by atoms with Crippen LogP contribution in [0.5, 0.6) is 0 Å². The topological polar surface area (TPSA) is 0 Å². The molecule has 0 N–H and O–H groups in total. The van der Waals surface area contributed by atoms with Crippen molar-refractivity contribution < 1.29 is 4.39 Å². The number of alkyl halides is 1. The molecule has 0 aromatic rings.